The Bertz CT molecular complexity index is 983. The highest BCUT2D eigenvalue weighted by Gasteiger charge is 2.17. The van der Waals surface area contributed by atoms with E-state index in [0.717, 1.165) is 5.56 Å². The van der Waals surface area contributed by atoms with Crippen LogP contribution >= 0.6 is 0 Å². The molecule has 0 bridgehead atoms. The summed E-state index contributed by atoms with van der Waals surface area (Å²) in [5, 5.41) is 7.01. The van der Waals surface area contributed by atoms with Crippen LogP contribution in [0.1, 0.15) is 22.0 Å². The van der Waals surface area contributed by atoms with Crippen molar-refractivity contribution >= 4 is 11.6 Å². The number of ether oxygens (including phenoxy) is 2. The van der Waals surface area contributed by atoms with E-state index in [0.29, 0.717) is 28.7 Å². The highest BCUT2D eigenvalue weighted by atomic mass is 19.1. The Labute approximate surface area is 155 Å². The lowest BCUT2D eigenvalue weighted by molar-refractivity contribution is 0.101. The number of hydrogen-bond acceptors (Lipinski definition) is 5. The van der Waals surface area contributed by atoms with Crippen LogP contribution in [-0.2, 0) is 0 Å². The monoisotopic (exact) mass is 370 g/mol. The van der Waals surface area contributed by atoms with E-state index < -0.39 is 5.91 Å². The predicted molar refractivity (Wildman–Crippen MR) is 98.3 cm³/mol. The molecular formula is C19H19FN4O3. The summed E-state index contributed by atoms with van der Waals surface area (Å²) in [6.07, 6.45) is 0. The van der Waals surface area contributed by atoms with Crippen LogP contribution in [0.15, 0.2) is 36.4 Å². The summed E-state index contributed by atoms with van der Waals surface area (Å²) in [6, 6.07) is 9.22. The van der Waals surface area contributed by atoms with E-state index in [1.807, 2.05) is 6.92 Å². The number of rotatable bonds is 5. The zero-order valence-corrected chi connectivity index (χ0v) is 15.4. The number of nitrogens with zero attached hydrogens (tertiary/aromatic N) is 3. The summed E-state index contributed by atoms with van der Waals surface area (Å²) in [6.45, 7) is 3.56. The molecule has 1 heterocycles. The minimum absolute atomic E-state index is 0.00556. The smallest absolute Gasteiger partial charge is 0.295 e. The third kappa shape index (κ3) is 3.74. The topological polar surface area (TPSA) is 78.3 Å². The number of aryl methyl sites for hydroxylation is 2. The number of nitrogens with one attached hydrogen (secondary N) is 1. The first-order valence-electron chi connectivity index (χ1n) is 8.16. The molecule has 0 aliphatic rings. The first-order chi connectivity index (χ1) is 12.9. The van der Waals surface area contributed by atoms with Gasteiger partial charge < -0.3 is 14.8 Å². The fourth-order valence-electron chi connectivity index (χ4n) is 2.61. The van der Waals surface area contributed by atoms with E-state index in [-0.39, 0.29) is 11.6 Å². The molecule has 2 aromatic carbocycles. The first kappa shape index (κ1) is 18.4. The molecule has 1 aromatic heterocycles. The van der Waals surface area contributed by atoms with Crippen LogP contribution in [0.5, 0.6) is 11.5 Å². The zero-order chi connectivity index (χ0) is 19.6. The van der Waals surface area contributed by atoms with Crippen LogP contribution in [0.2, 0.25) is 0 Å². The summed E-state index contributed by atoms with van der Waals surface area (Å²) < 4.78 is 25.1. The third-order valence-electron chi connectivity index (χ3n) is 4.02. The molecule has 3 rings (SSSR count). The molecular weight excluding hydrogens is 351 g/mol. The molecule has 1 amide bonds. The van der Waals surface area contributed by atoms with Crippen molar-refractivity contribution in [3.8, 4) is 17.2 Å². The number of halogens is 1. The van der Waals surface area contributed by atoms with Gasteiger partial charge in [-0.15, -0.1) is 5.10 Å². The largest absolute Gasteiger partial charge is 0.493 e. The molecule has 7 nitrogen and oxygen atoms in total. The Morgan fingerprint density at radius 3 is 2.33 bits per heavy atom. The Hall–Kier alpha value is -3.42. The average Bonchev–Trinajstić information content (AvgIpc) is 3.05. The number of amides is 1. The van der Waals surface area contributed by atoms with Crippen LogP contribution in [0.4, 0.5) is 10.1 Å². The molecule has 0 atom stereocenters. The molecule has 0 fully saturated rings. The van der Waals surface area contributed by atoms with E-state index >= 15 is 0 Å². The number of carbonyl (C=O) groups excluding carboxylic acids is 1. The van der Waals surface area contributed by atoms with Gasteiger partial charge in [0.2, 0.25) is 5.82 Å². The minimum Gasteiger partial charge on any atom is -0.493 e. The van der Waals surface area contributed by atoms with Gasteiger partial charge in [-0.25, -0.2) is 14.1 Å². The van der Waals surface area contributed by atoms with Crippen molar-refractivity contribution in [1.82, 2.24) is 14.8 Å². The molecule has 1 N–H and O–H groups in total. The van der Waals surface area contributed by atoms with Crippen LogP contribution in [-0.4, -0.2) is 34.9 Å². The molecule has 0 saturated carbocycles. The number of carbonyl (C=O) groups is 1. The zero-order valence-electron chi connectivity index (χ0n) is 15.4. The molecule has 27 heavy (non-hydrogen) atoms. The molecule has 0 saturated heterocycles. The maximum Gasteiger partial charge on any atom is 0.295 e. The maximum atomic E-state index is 13.1. The van der Waals surface area contributed by atoms with Gasteiger partial charge in [0, 0.05) is 11.8 Å². The SMILES string of the molecule is COc1cc(C)c(NC(=O)c2nc(C)n(-c3ccc(F)cc3)n2)cc1OC. The van der Waals surface area contributed by atoms with Crippen LogP contribution in [0.25, 0.3) is 5.69 Å². The van der Waals surface area contributed by atoms with Crippen molar-refractivity contribution in [3.63, 3.8) is 0 Å². The molecule has 0 radical (unpaired) electrons. The second kappa shape index (κ2) is 7.45. The normalized spacial score (nSPS) is 10.6. The van der Waals surface area contributed by atoms with E-state index in [1.165, 1.54) is 23.9 Å². The van der Waals surface area contributed by atoms with Crippen LogP contribution in [0, 0.1) is 19.7 Å². The second-order valence-corrected chi connectivity index (χ2v) is 5.85. The minimum atomic E-state index is -0.464. The summed E-state index contributed by atoms with van der Waals surface area (Å²) in [5.74, 6) is 0.774. The average molecular weight is 370 g/mol. The van der Waals surface area contributed by atoms with Gasteiger partial charge in [0.05, 0.1) is 19.9 Å². The van der Waals surface area contributed by atoms with Crippen LogP contribution in [0.3, 0.4) is 0 Å². The molecule has 0 aliphatic carbocycles. The summed E-state index contributed by atoms with van der Waals surface area (Å²) in [4.78, 5) is 16.8. The van der Waals surface area contributed by atoms with Crippen LogP contribution < -0.4 is 14.8 Å². The van der Waals surface area contributed by atoms with Crippen molar-refractivity contribution in [2.45, 2.75) is 13.8 Å². The maximum absolute atomic E-state index is 13.1. The Balaban J connectivity index is 1.87. The van der Waals surface area contributed by atoms with Gasteiger partial charge in [0.25, 0.3) is 5.91 Å². The molecule has 0 unspecified atom stereocenters. The summed E-state index contributed by atoms with van der Waals surface area (Å²) in [5.41, 5.74) is 1.98. The molecule has 3 aromatic rings. The fraction of sp³-hybridized carbons (Fsp3) is 0.211. The van der Waals surface area contributed by atoms with Gasteiger partial charge in [0.15, 0.2) is 11.5 Å². The van der Waals surface area contributed by atoms with E-state index in [4.69, 9.17) is 9.47 Å². The highest BCUT2D eigenvalue weighted by molar-refractivity contribution is 6.02. The summed E-state index contributed by atoms with van der Waals surface area (Å²) >= 11 is 0. The molecule has 140 valence electrons. The Kier molecular flexibility index (Phi) is 5.07. The van der Waals surface area contributed by atoms with Crippen molar-refractivity contribution < 1.29 is 18.7 Å². The number of hydrogen-bond donors (Lipinski definition) is 1. The number of aromatic nitrogens is 3. The first-order valence-corrected chi connectivity index (χ1v) is 8.16. The number of benzene rings is 2. The quantitative estimate of drug-likeness (QED) is 0.746. The van der Waals surface area contributed by atoms with Gasteiger partial charge in [-0.2, -0.15) is 0 Å². The van der Waals surface area contributed by atoms with Gasteiger partial charge in [-0.05, 0) is 49.7 Å². The summed E-state index contributed by atoms with van der Waals surface area (Å²) in [7, 11) is 3.07. The van der Waals surface area contributed by atoms with Crippen molar-refractivity contribution in [2.75, 3.05) is 19.5 Å². The Morgan fingerprint density at radius 1 is 1.07 bits per heavy atom. The van der Waals surface area contributed by atoms with E-state index in [2.05, 4.69) is 15.4 Å². The molecule has 0 aliphatic heterocycles. The van der Waals surface area contributed by atoms with Gasteiger partial charge in [-0.3, -0.25) is 4.79 Å². The van der Waals surface area contributed by atoms with Gasteiger partial charge in [0.1, 0.15) is 11.6 Å². The van der Waals surface area contributed by atoms with Crippen molar-refractivity contribution in [1.29, 1.82) is 0 Å². The van der Waals surface area contributed by atoms with E-state index in [1.54, 1.807) is 38.3 Å². The highest BCUT2D eigenvalue weighted by Crippen LogP contribution is 2.33. The second-order valence-electron chi connectivity index (χ2n) is 5.85. The lowest BCUT2D eigenvalue weighted by Gasteiger charge is -2.12. The lowest BCUT2D eigenvalue weighted by Crippen LogP contribution is -2.15. The van der Waals surface area contributed by atoms with Gasteiger partial charge >= 0.3 is 0 Å². The predicted octanol–water partition coefficient (Wildman–Crippen LogP) is 3.29. The molecule has 8 heteroatoms. The Morgan fingerprint density at radius 2 is 1.70 bits per heavy atom. The van der Waals surface area contributed by atoms with Gasteiger partial charge in [-0.1, -0.05) is 0 Å². The lowest BCUT2D eigenvalue weighted by atomic mass is 10.1. The number of anilines is 1. The standard InChI is InChI=1S/C19H19FN4O3/c1-11-9-16(26-3)17(27-4)10-15(11)22-19(25)18-21-12(2)24(23-18)14-7-5-13(20)6-8-14/h5-10H,1-4H3,(H,22,25). The fourth-order valence-corrected chi connectivity index (χ4v) is 2.61. The third-order valence-corrected chi connectivity index (χ3v) is 4.02. The van der Waals surface area contributed by atoms with E-state index in [9.17, 15) is 9.18 Å². The number of methoxy groups -OCH3 is 2. The van der Waals surface area contributed by atoms with Crippen molar-refractivity contribution in [3.05, 3.63) is 59.4 Å². The van der Waals surface area contributed by atoms with Crippen molar-refractivity contribution in [2.24, 2.45) is 0 Å². The molecule has 0 spiro atoms.